The molecule has 0 fully saturated rings. The van der Waals surface area contributed by atoms with Crippen LogP contribution in [0.25, 0.3) is 10.9 Å². The summed E-state index contributed by atoms with van der Waals surface area (Å²) >= 11 is 5.60. The molecule has 1 aromatic carbocycles. The molecule has 1 N–H and O–H groups in total. The van der Waals surface area contributed by atoms with Crippen molar-refractivity contribution >= 4 is 22.5 Å². The molecule has 12 heavy (non-hydrogen) atoms. The molecule has 0 spiro atoms. The van der Waals surface area contributed by atoms with Crippen LogP contribution in [0.5, 0.6) is 0 Å². The second kappa shape index (κ2) is 2.79. The molecule has 0 radical (unpaired) electrons. The van der Waals surface area contributed by atoms with Gasteiger partial charge in [-0.05, 0) is 18.2 Å². The third kappa shape index (κ3) is 1.08. The van der Waals surface area contributed by atoms with Gasteiger partial charge in [0, 0.05) is 16.6 Å². The van der Waals surface area contributed by atoms with Crippen molar-refractivity contribution in [3.63, 3.8) is 0 Å². The van der Waals surface area contributed by atoms with E-state index < -0.39 is 0 Å². The lowest BCUT2D eigenvalue weighted by Crippen LogP contribution is -1.73. The number of alkyl halides is 1. The molecule has 0 aliphatic heterocycles. The molecule has 0 unspecified atom stereocenters. The van der Waals surface area contributed by atoms with Crippen LogP contribution < -0.4 is 0 Å². The van der Waals surface area contributed by atoms with E-state index in [1.807, 2.05) is 6.07 Å². The fraction of sp³-hybridized carbons (Fsp3) is 0.111. The van der Waals surface area contributed by atoms with Gasteiger partial charge in [-0.2, -0.15) is 0 Å². The normalized spacial score (nSPS) is 10.8. The summed E-state index contributed by atoms with van der Waals surface area (Å²) in [5, 5.41) is 0.605. The van der Waals surface area contributed by atoms with E-state index in [-0.39, 0.29) is 5.82 Å². The molecule has 1 heterocycles. The number of halogens is 2. The topological polar surface area (TPSA) is 15.8 Å². The van der Waals surface area contributed by atoms with Crippen molar-refractivity contribution in [2.75, 3.05) is 0 Å². The molecule has 1 nitrogen and oxygen atoms in total. The zero-order chi connectivity index (χ0) is 8.55. The Kier molecular flexibility index (Phi) is 1.77. The first-order valence-corrected chi connectivity index (χ1v) is 4.17. The first kappa shape index (κ1) is 7.62. The quantitative estimate of drug-likeness (QED) is 0.655. The maximum absolute atomic E-state index is 13.1. The Balaban J connectivity index is 2.74. The minimum atomic E-state index is -0.208. The van der Waals surface area contributed by atoms with Gasteiger partial charge in [0.05, 0.1) is 5.88 Å². The Morgan fingerprint density at radius 3 is 2.92 bits per heavy atom. The standard InChI is InChI=1S/C9H7ClFN/c10-5-6-4-7-8(11)2-1-3-9(7)12-6/h1-4,12H,5H2. The Labute approximate surface area is 74.2 Å². The predicted octanol–water partition coefficient (Wildman–Crippen LogP) is 3.05. The van der Waals surface area contributed by atoms with Crippen molar-refractivity contribution < 1.29 is 4.39 Å². The SMILES string of the molecule is Fc1cccc2[nH]c(CCl)cc12. The number of aromatic nitrogens is 1. The van der Waals surface area contributed by atoms with Crippen molar-refractivity contribution in [2.45, 2.75) is 5.88 Å². The molecule has 1 aromatic heterocycles. The number of nitrogens with one attached hydrogen (secondary N) is 1. The molecular formula is C9H7ClFN. The van der Waals surface area contributed by atoms with E-state index in [4.69, 9.17) is 11.6 Å². The summed E-state index contributed by atoms with van der Waals surface area (Å²) in [5.41, 5.74) is 1.64. The lowest BCUT2D eigenvalue weighted by Gasteiger charge is -1.88. The molecule has 0 saturated carbocycles. The summed E-state index contributed by atoms with van der Waals surface area (Å²) in [6, 6.07) is 6.67. The molecule has 0 aliphatic rings. The zero-order valence-electron chi connectivity index (χ0n) is 6.27. The predicted molar refractivity (Wildman–Crippen MR) is 47.8 cm³/mol. The van der Waals surface area contributed by atoms with E-state index in [9.17, 15) is 4.39 Å². The van der Waals surface area contributed by atoms with Crippen LogP contribution in [0.2, 0.25) is 0 Å². The van der Waals surface area contributed by atoms with Gasteiger partial charge in [0.1, 0.15) is 5.82 Å². The summed E-state index contributed by atoms with van der Waals surface area (Å²) in [7, 11) is 0. The Morgan fingerprint density at radius 1 is 1.42 bits per heavy atom. The Hall–Kier alpha value is -1.02. The molecule has 0 aliphatic carbocycles. The van der Waals surface area contributed by atoms with Crippen LogP contribution in [0.15, 0.2) is 24.3 Å². The third-order valence-corrected chi connectivity index (χ3v) is 2.10. The Bertz CT molecular complexity index is 408. The highest BCUT2D eigenvalue weighted by Crippen LogP contribution is 2.19. The number of hydrogen-bond donors (Lipinski definition) is 1. The van der Waals surface area contributed by atoms with Crippen LogP contribution in [0.1, 0.15) is 5.69 Å². The van der Waals surface area contributed by atoms with Gasteiger partial charge in [-0.3, -0.25) is 0 Å². The second-order valence-corrected chi connectivity index (χ2v) is 2.90. The van der Waals surface area contributed by atoms with Gasteiger partial charge in [0.2, 0.25) is 0 Å². The van der Waals surface area contributed by atoms with Crippen LogP contribution in [0.4, 0.5) is 4.39 Å². The molecule has 2 aromatic rings. The summed E-state index contributed by atoms with van der Waals surface area (Å²) in [5.74, 6) is 0.175. The van der Waals surface area contributed by atoms with E-state index in [2.05, 4.69) is 4.98 Å². The fourth-order valence-corrected chi connectivity index (χ4v) is 1.39. The van der Waals surface area contributed by atoms with Gasteiger partial charge in [-0.1, -0.05) is 6.07 Å². The van der Waals surface area contributed by atoms with Gasteiger partial charge < -0.3 is 4.98 Å². The molecule has 0 bridgehead atoms. The zero-order valence-corrected chi connectivity index (χ0v) is 7.03. The maximum atomic E-state index is 13.1. The van der Waals surface area contributed by atoms with Crippen molar-refractivity contribution in [2.24, 2.45) is 0 Å². The van der Waals surface area contributed by atoms with Gasteiger partial charge in [-0.25, -0.2) is 4.39 Å². The van der Waals surface area contributed by atoms with Gasteiger partial charge in [0.25, 0.3) is 0 Å². The van der Waals surface area contributed by atoms with Crippen LogP contribution in [-0.4, -0.2) is 4.98 Å². The van der Waals surface area contributed by atoms with E-state index in [0.717, 1.165) is 11.2 Å². The molecule has 62 valence electrons. The number of aromatic amines is 1. The van der Waals surface area contributed by atoms with Crippen LogP contribution in [-0.2, 0) is 5.88 Å². The van der Waals surface area contributed by atoms with Gasteiger partial charge in [0.15, 0.2) is 0 Å². The molecule has 0 saturated heterocycles. The van der Waals surface area contributed by atoms with Crippen molar-refractivity contribution in [3.8, 4) is 0 Å². The molecular weight excluding hydrogens is 177 g/mol. The van der Waals surface area contributed by atoms with E-state index in [0.29, 0.717) is 11.3 Å². The number of benzene rings is 1. The van der Waals surface area contributed by atoms with Crippen LogP contribution in [0.3, 0.4) is 0 Å². The van der Waals surface area contributed by atoms with E-state index >= 15 is 0 Å². The maximum Gasteiger partial charge on any atom is 0.132 e. The van der Waals surface area contributed by atoms with E-state index in [1.54, 1.807) is 12.1 Å². The summed E-state index contributed by atoms with van der Waals surface area (Å²) < 4.78 is 13.1. The molecule has 2 rings (SSSR count). The van der Waals surface area contributed by atoms with Crippen LogP contribution in [0, 0.1) is 5.82 Å². The minimum absolute atomic E-state index is 0.208. The first-order chi connectivity index (χ1) is 5.81. The lowest BCUT2D eigenvalue weighted by atomic mass is 10.2. The van der Waals surface area contributed by atoms with Gasteiger partial charge >= 0.3 is 0 Å². The number of rotatable bonds is 1. The number of fused-ring (bicyclic) bond motifs is 1. The second-order valence-electron chi connectivity index (χ2n) is 2.63. The molecule has 0 atom stereocenters. The molecule has 0 amide bonds. The largest absolute Gasteiger partial charge is 0.357 e. The number of hydrogen-bond acceptors (Lipinski definition) is 0. The first-order valence-electron chi connectivity index (χ1n) is 3.63. The summed E-state index contributed by atoms with van der Waals surface area (Å²) in [4.78, 5) is 3.01. The average Bonchev–Trinajstić information content (AvgIpc) is 2.49. The monoisotopic (exact) mass is 183 g/mol. The fourth-order valence-electron chi connectivity index (χ4n) is 1.25. The van der Waals surface area contributed by atoms with Crippen molar-refractivity contribution in [3.05, 3.63) is 35.8 Å². The van der Waals surface area contributed by atoms with Crippen LogP contribution >= 0.6 is 11.6 Å². The third-order valence-electron chi connectivity index (χ3n) is 1.81. The molecule has 3 heteroatoms. The minimum Gasteiger partial charge on any atom is -0.357 e. The Morgan fingerprint density at radius 2 is 2.25 bits per heavy atom. The smallest absolute Gasteiger partial charge is 0.132 e. The highest BCUT2D eigenvalue weighted by molar-refractivity contribution is 6.17. The lowest BCUT2D eigenvalue weighted by molar-refractivity contribution is 0.640. The highest BCUT2D eigenvalue weighted by Gasteiger charge is 2.02. The number of H-pyrrole nitrogens is 1. The van der Waals surface area contributed by atoms with Gasteiger partial charge in [-0.15, -0.1) is 11.6 Å². The average molecular weight is 184 g/mol. The highest BCUT2D eigenvalue weighted by atomic mass is 35.5. The van der Waals surface area contributed by atoms with Crippen molar-refractivity contribution in [1.29, 1.82) is 0 Å². The summed E-state index contributed by atoms with van der Waals surface area (Å²) in [6.45, 7) is 0. The van der Waals surface area contributed by atoms with E-state index in [1.165, 1.54) is 6.07 Å². The summed E-state index contributed by atoms with van der Waals surface area (Å²) in [6.07, 6.45) is 0. The van der Waals surface area contributed by atoms with Crippen molar-refractivity contribution in [1.82, 2.24) is 4.98 Å².